The Balaban J connectivity index is 3.69. The van der Waals surface area contributed by atoms with Crippen LogP contribution in [0.3, 0.4) is 0 Å². The predicted molar refractivity (Wildman–Crippen MR) is 87.1 cm³/mol. The Morgan fingerprint density at radius 2 is 1.32 bits per heavy atom. The summed E-state index contributed by atoms with van der Waals surface area (Å²) in [6, 6.07) is 0. The van der Waals surface area contributed by atoms with Gasteiger partial charge in [-0.1, -0.05) is 62.3 Å². The summed E-state index contributed by atoms with van der Waals surface area (Å²) in [6.07, 6.45) is 0.0295. The fourth-order valence-electron chi connectivity index (χ4n) is 2.49. The maximum absolute atomic E-state index is 12.3. The van der Waals surface area contributed by atoms with E-state index in [0.29, 0.717) is 12.8 Å². The molecule has 0 bridgehead atoms. The molecule has 0 unspecified atom stereocenters. The van der Waals surface area contributed by atoms with Crippen LogP contribution in [0.5, 0.6) is 0 Å². The first kappa shape index (κ1) is 24.0. The van der Waals surface area contributed by atoms with Crippen LogP contribution < -0.4 is 0 Å². The largest absolute Gasteiger partial charge is 0.400 e. The van der Waals surface area contributed by atoms with Crippen molar-refractivity contribution in [2.75, 3.05) is 6.61 Å². The zero-order chi connectivity index (χ0) is 19.3. The van der Waals surface area contributed by atoms with Gasteiger partial charge in [0.2, 0.25) is 0 Å². The average Bonchev–Trinajstić information content (AvgIpc) is 2.46. The Kier molecular flexibility index (Phi) is 11.9. The van der Waals surface area contributed by atoms with Crippen LogP contribution in [-0.4, -0.2) is 24.1 Å². The minimum atomic E-state index is -5.21. The molecule has 0 saturated carbocycles. The van der Waals surface area contributed by atoms with E-state index < -0.39 is 24.7 Å². The van der Waals surface area contributed by atoms with Crippen LogP contribution in [0.1, 0.15) is 64.7 Å². The Bertz CT molecular complexity index is 381. The molecule has 0 aromatic rings. The van der Waals surface area contributed by atoms with Gasteiger partial charge in [0.1, 0.15) is 0 Å². The van der Waals surface area contributed by atoms with Crippen LogP contribution in [0.25, 0.3) is 0 Å². The summed E-state index contributed by atoms with van der Waals surface area (Å²) in [4.78, 5) is 0. The number of hydrogen-bond donors (Lipinski definition) is 1. The number of alkyl halides is 6. The molecule has 0 aliphatic carbocycles. The molecule has 0 aromatic heterocycles. The van der Waals surface area contributed by atoms with E-state index in [1.54, 1.807) is 6.08 Å². The van der Waals surface area contributed by atoms with Crippen molar-refractivity contribution in [3.8, 4) is 0 Å². The van der Waals surface area contributed by atoms with E-state index in [1.165, 1.54) is 0 Å². The number of halogens is 6. The molecule has 25 heavy (non-hydrogen) atoms. The molecule has 1 N–H and O–H groups in total. The molecule has 0 radical (unpaired) electrons. The zero-order valence-corrected chi connectivity index (χ0v) is 14.6. The minimum absolute atomic E-state index is 0.0167. The van der Waals surface area contributed by atoms with E-state index in [2.05, 4.69) is 0 Å². The fraction of sp³-hybridized carbons (Fsp3) is 0.778. The van der Waals surface area contributed by atoms with Crippen LogP contribution in [0, 0.1) is 5.92 Å². The van der Waals surface area contributed by atoms with Gasteiger partial charge in [-0.15, -0.1) is 0 Å². The third-order valence-corrected chi connectivity index (χ3v) is 3.95. The second kappa shape index (κ2) is 12.4. The van der Waals surface area contributed by atoms with Crippen molar-refractivity contribution in [3.05, 3.63) is 23.8 Å². The van der Waals surface area contributed by atoms with Crippen molar-refractivity contribution in [1.29, 1.82) is 0 Å². The minimum Gasteiger partial charge on any atom is -0.392 e. The molecule has 0 rings (SSSR count). The number of rotatable bonds is 12. The Morgan fingerprint density at radius 1 is 0.840 bits per heavy atom. The average molecular weight is 374 g/mol. The van der Waals surface area contributed by atoms with Gasteiger partial charge in [0, 0.05) is 0 Å². The lowest BCUT2D eigenvalue weighted by atomic mass is 9.99. The highest BCUT2D eigenvalue weighted by Gasteiger charge is 2.55. The first-order valence-corrected chi connectivity index (χ1v) is 8.66. The molecule has 0 amide bonds. The van der Waals surface area contributed by atoms with Gasteiger partial charge in [-0.3, -0.25) is 0 Å². The lowest BCUT2D eigenvalue weighted by Gasteiger charge is -2.22. The molecule has 0 aliphatic heterocycles. The molecule has 1 nitrogen and oxygen atoms in total. The molecule has 0 aromatic carbocycles. The SMILES string of the molecule is CC(/C=C/CCCCCCCCCC(C(F)(F)F)C(F)(F)F)=C\CO. The molecule has 0 heterocycles. The van der Waals surface area contributed by atoms with Crippen LogP contribution in [0.2, 0.25) is 0 Å². The Hall–Kier alpha value is -0.980. The van der Waals surface area contributed by atoms with Crippen molar-refractivity contribution in [3.63, 3.8) is 0 Å². The van der Waals surface area contributed by atoms with E-state index in [4.69, 9.17) is 5.11 Å². The zero-order valence-electron chi connectivity index (χ0n) is 14.6. The Labute approximate surface area is 145 Å². The summed E-state index contributed by atoms with van der Waals surface area (Å²) in [5, 5.41) is 8.69. The second-order valence-corrected chi connectivity index (χ2v) is 6.22. The van der Waals surface area contributed by atoms with Gasteiger partial charge in [0.25, 0.3) is 0 Å². The summed E-state index contributed by atoms with van der Waals surface area (Å²) in [7, 11) is 0. The molecule has 0 atom stereocenters. The quantitative estimate of drug-likeness (QED) is 0.228. The summed E-state index contributed by atoms with van der Waals surface area (Å²) >= 11 is 0. The number of allylic oxidation sites excluding steroid dienone is 3. The Morgan fingerprint density at radius 3 is 1.80 bits per heavy atom. The summed E-state index contributed by atoms with van der Waals surface area (Å²) in [5.74, 6) is -3.20. The molecule has 0 saturated heterocycles. The second-order valence-electron chi connectivity index (χ2n) is 6.22. The highest BCUT2D eigenvalue weighted by Crippen LogP contribution is 2.42. The highest BCUT2D eigenvalue weighted by atomic mass is 19.4. The predicted octanol–water partition coefficient (Wildman–Crippen LogP) is 6.73. The van der Waals surface area contributed by atoms with Gasteiger partial charge in [-0.05, 0) is 26.2 Å². The van der Waals surface area contributed by atoms with E-state index in [-0.39, 0.29) is 13.0 Å². The third kappa shape index (κ3) is 13.0. The monoisotopic (exact) mass is 374 g/mol. The number of aliphatic hydroxyl groups excluding tert-OH is 1. The maximum Gasteiger partial charge on any atom is 0.400 e. The van der Waals surface area contributed by atoms with Gasteiger partial charge in [-0.2, -0.15) is 26.3 Å². The van der Waals surface area contributed by atoms with Crippen molar-refractivity contribution in [2.45, 2.75) is 77.1 Å². The standard InChI is InChI=1S/C18H28F6O/c1-15(13-14-25)11-9-7-5-3-2-4-6-8-10-12-16(17(19,20)21)18(22,23)24/h9,11,13,16,25H,2-8,10,12,14H2,1H3/b11-9+,15-13+. The number of hydrogen-bond acceptors (Lipinski definition) is 1. The molecule has 0 spiro atoms. The van der Waals surface area contributed by atoms with Crippen LogP contribution in [0.4, 0.5) is 26.3 Å². The third-order valence-electron chi connectivity index (χ3n) is 3.95. The highest BCUT2D eigenvalue weighted by molar-refractivity contribution is 5.15. The molecule has 0 fully saturated rings. The lowest BCUT2D eigenvalue weighted by molar-refractivity contribution is -0.285. The molecular weight excluding hydrogens is 346 g/mol. The van der Waals surface area contributed by atoms with E-state index in [0.717, 1.165) is 37.7 Å². The maximum atomic E-state index is 12.3. The van der Waals surface area contributed by atoms with Crippen molar-refractivity contribution < 1.29 is 31.4 Å². The van der Waals surface area contributed by atoms with E-state index >= 15 is 0 Å². The number of aliphatic hydroxyl groups is 1. The summed E-state index contributed by atoms with van der Waals surface area (Å²) in [5.41, 5.74) is 0.999. The molecule has 0 aliphatic rings. The first-order chi connectivity index (χ1) is 11.6. The van der Waals surface area contributed by atoms with Crippen LogP contribution >= 0.6 is 0 Å². The smallest absolute Gasteiger partial charge is 0.392 e. The normalized spacial score (nSPS) is 14.0. The van der Waals surface area contributed by atoms with Crippen LogP contribution in [-0.2, 0) is 0 Å². The van der Waals surface area contributed by atoms with E-state index in [1.807, 2.05) is 19.1 Å². The van der Waals surface area contributed by atoms with Crippen molar-refractivity contribution >= 4 is 0 Å². The lowest BCUT2D eigenvalue weighted by Crippen LogP contribution is -2.36. The first-order valence-electron chi connectivity index (χ1n) is 8.66. The van der Waals surface area contributed by atoms with Gasteiger partial charge < -0.3 is 5.11 Å². The number of unbranched alkanes of at least 4 members (excludes halogenated alkanes) is 7. The van der Waals surface area contributed by atoms with Crippen LogP contribution in [0.15, 0.2) is 23.8 Å². The van der Waals surface area contributed by atoms with Crippen molar-refractivity contribution in [2.24, 2.45) is 5.92 Å². The molecule has 7 heteroatoms. The van der Waals surface area contributed by atoms with Gasteiger partial charge in [0.15, 0.2) is 5.92 Å². The van der Waals surface area contributed by atoms with Gasteiger partial charge in [0.05, 0.1) is 6.61 Å². The summed E-state index contributed by atoms with van der Waals surface area (Å²) < 4.78 is 74.1. The topological polar surface area (TPSA) is 20.2 Å². The van der Waals surface area contributed by atoms with Crippen molar-refractivity contribution in [1.82, 2.24) is 0 Å². The van der Waals surface area contributed by atoms with Gasteiger partial charge in [-0.25, -0.2) is 0 Å². The molecular formula is C18H28F6O. The van der Waals surface area contributed by atoms with E-state index in [9.17, 15) is 26.3 Å². The van der Waals surface area contributed by atoms with Gasteiger partial charge >= 0.3 is 12.4 Å². The molecule has 148 valence electrons. The fourth-order valence-corrected chi connectivity index (χ4v) is 2.49. The summed E-state index contributed by atoms with van der Waals surface area (Å²) in [6.45, 7) is 1.91.